The van der Waals surface area contributed by atoms with E-state index >= 15 is 0 Å². The Bertz CT molecular complexity index is 887. The van der Waals surface area contributed by atoms with E-state index in [0.717, 1.165) is 11.1 Å². The summed E-state index contributed by atoms with van der Waals surface area (Å²) >= 11 is 0. The molecule has 1 aromatic carbocycles. The van der Waals surface area contributed by atoms with Crippen molar-refractivity contribution in [2.45, 2.75) is 0 Å². The van der Waals surface area contributed by atoms with Gasteiger partial charge in [-0.05, 0) is 29.8 Å². The molecular formula is C16H11N5O2. The lowest BCUT2D eigenvalue weighted by Crippen LogP contribution is -2.09. The molecule has 7 nitrogen and oxygen atoms in total. The number of carbonyl (C=O) groups is 1. The number of furan rings is 1. The number of nitriles is 1. The van der Waals surface area contributed by atoms with Crippen molar-refractivity contribution >= 4 is 17.9 Å². The van der Waals surface area contributed by atoms with E-state index in [2.05, 4.69) is 20.5 Å². The predicted molar refractivity (Wildman–Crippen MR) is 82.9 cm³/mol. The quantitative estimate of drug-likeness (QED) is 0.720. The molecule has 0 saturated carbocycles. The second-order valence-electron chi connectivity index (χ2n) is 4.58. The van der Waals surface area contributed by atoms with Crippen molar-refractivity contribution in [1.82, 2.24) is 15.2 Å². The molecule has 3 aromatic rings. The van der Waals surface area contributed by atoms with Crippen LogP contribution in [0.3, 0.4) is 0 Å². The Kier molecular flexibility index (Phi) is 3.98. The van der Waals surface area contributed by atoms with Crippen molar-refractivity contribution in [3.8, 4) is 17.5 Å². The van der Waals surface area contributed by atoms with E-state index in [0.29, 0.717) is 11.4 Å². The number of H-pyrrole nitrogens is 1. The number of amides is 1. The molecule has 2 heterocycles. The lowest BCUT2D eigenvalue weighted by Gasteiger charge is -1.95. The minimum absolute atomic E-state index is 0.168. The SMILES string of the molecule is N#Cc1cccc(/C=C/C(=O)Nc2n[nH]c(-c3ccoc3)n2)c1. The van der Waals surface area contributed by atoms with Crippen molar-refractivity contribution in [3.63, 3.8) is 0 Å². The van der Waals surface area contributed by atoms with Gasteiger partial charge in [0.05, 0.1) is 23.5 Å². The second kappa shape index (κ2) is 6.41. The van der Waals surface area contributed by atoms with Crippen LogP contribution in [-0.4, -0.2) is 21.1 Å². The molecular weight excluding hydrogens is 294 g/mol. The molecule has 0 fully saturated rings. The van der Waals surface area contributed by atoms with E-state index in [-0.39, 0.29) is 11.9 Å². The highest BCUT2D eigenvalue weighted by atomic mass is 16.3. The molecule has 3 rings (SSSR count). The van der Waals surface area contributed by atoms with Crippen LogP contribution in [0, 0.1) is 11.3 Å². The molecule has 2 aromatic heterocycles. The zero-order valence-electron chi connectivity index (χ0n) is 11.9. The summed E-state index contributed by atoms with van der Waals surface area (Å²) in [5.41, 5.74) is 2.03. The molecule has 112 valence electrons. The fraction of sp³-hybridized carbons (Fsp3) is 0. The van der Waals surface area contributed by atoms with Crippen LogP contribution in [0.1, 0.15) is 11.1 Å². The van der Waals surface area contributed by atoms with Gasteiger partial charge in [0.1, 0.15) is 6.26 Å². The Morgan fingerprint density at radius 3 is 3.09 bits per heavy atom. The van der Waals surface area contributed by atoms with Crippen LogP contribution in [0.5, 0.6) is 0 Å². The Hall–Kier alpha value is -3.66. The predicted octanol–water partition coefficient (Wildman–Crippen LogP) is 2.59. The number of aromatic nitrogens is 3. The Morgan fingerprint density at radius 2 is 2.30 bits per heavy atom. The first-order chi connectivity index (χ1) is 11.2. The third-order valence-corrected chi connectivity index (χ3v) is 2.96. The fourth-order valence-corrected chi connectivity index (χ4v) is 1.88. The normalized spacial score (nSPS) is 10.6. The smallest absolute Gasteiger partial charge is 0.250 e. The lowest BCUT2D eigenvalue weighted by molar-refractivity contribution is -0.111. The van der Waals surface area contributed by atoms with E-state index in [4.69, 9.17) is 9.68 Å². The molecule has 7 heteroatoms. The summed E-state index contributed by atoms with van der Waals surface area (Å²) in [7, 11) is 0. The maximum atomic E-state index is 11.9. The Morgan fingerprint density at radius 1 is 1.39 bits per heavy atom. The van der Waals surface area contributed by atoms with Gasteiger partial charge < -0.3 is 4.42 Å². The van der Waals surface area contributed by atoms with E-state index in [1.807, 2.05) is 6.07 Å². The molecule has 0 aliphatic carbocycles. The van der Waals surface area contributed by atoms with E-state index < -0.39 is 0 Å². The van der Waals surface area contributed by atoms with Crippen LogP contribution < -0.4 is 5.32 Å². The first-order valence-corrected chi connectivity index (χ1v) is 6.69. The van der Waals surface area contributed by atoms with Gasteiger partial charge in [0.25, 0.3) is 5.91 Å². The summed E-state index contributed by atoms with van der Waals surface area (Å²) in [6.07, 6.45) is 6.01. The van der Waals surface area contributed by atoms with Gasteiger partial charge in [0, 0.05) is 6.08 Å². The number of nitrogens with one attached hydrogen (secondary N) is 2. The van der Waals surface area contributed by atoms with Crippen LogP contribution in [0.25, 0.3) is 17.5 Å². The topological polar surface area (TPSA) is 108 Å². The summed E-state index contributed by atoms with van der Waals surface area (Å²) in [6, 6.07) is 10.7. The first kappa shape index (κ1) is 14.3. The second-order valence-corrected chi connectivity index (χ2v) is 4.58. The Labute approximate surface area is 131 Å². The number of carbonyl (C=O) groups excluding carboxylic acids is 1. The molecule has 0 spiro atoms. The molecule has 0 radical (unpaired) electrons. The molecule has 0 atom stereocenters. The van der Waals surface area contributed by atoms with Gasteiger partial charge in [-0.2, -0.15) is 10.2 Å². The van der Waals surface area contributed by atoms with Crippen LogP contribution in [0.2, 0.25) is 0 Å². The summed E-state index contributed by atoms with van der Waals surface area (Å²) < 4.78 is 4.96. The average Bonchev–Trinajstić information content (AvgIpc) is 3.24. The third kappa shape index (κ3) is 3.51. The van der Waals surface area contributed by atoms with Gasteiger partial charge in [0.2, 0.25) is 5.95 Å². The summed E-state index contributed by atoms with van der Waals surface area (Å²) in [6.45, 7) is 0. The van der Waals surface area contributed by atoms with Gasteiger partial charge in [-0.15, -0.1) is 5.10 Å². The highest BCUT2D eigenvalue weighted by molar-refractivity contribution is 6.00. The van der Waals surface area contributed by atoms with Gasteiger partial charge in [-0.3, -0.25) is 15.2 Å². The molecule has 1 amide bonds. The monoisotopic (exact) mass is 305 g/mol. The van der Waals surface area contributed by atoms with E-state index in [1.165, 1.54) is 18.6 Å². The van der Waals surface area contributed by atoms with Crippen molar-refractivity contribution in [1.29, 1.82) is 5.26 Å². The number of hydrogen-bond donors (Lipinski definition) is 2. The van der Waals surface area contributed by atoms with Crippen molar-refractivity contribution in [2.24, 2.45) is 0 Å². The zero-order chi connectivity index (χ0) is 16.1. The molecule has 0 unspecified atom stereocenters. The maximum Gasteiger partial charge on any atom is 0.250 e. The van der Waals surface area contributed by atoms with Crippen LogP contribution in [-0.2, 0) is 4.79 Å². The van der Waals surface area contributed by atoms with Gasteiger partial charge in [-0.25, -0.2) is 0 Å². The van der Waals surface area contributed by atoms with Crippen LogP contribution in [0.15, 0.2) is 53.4 Å². The number of benzene rings is 1. The molecule has 0 aliphatic rings. The van der Waals surface area contributed by atoms with Crippen molar-refractivity contribution < 1.29 is 9.21 Å². The van der Waals surface area contributed by atoms with Crippen LogP contribution in [0.4, 0.5) is 5.95 Å². The highest BCUT2D eigenvalue weighted by Crippen LogP contribution is 2.15. The van der Waals surface area contributed by atoms with Crippen LogP contribution >= 0.6 is 0 Å². The fourth-order valence-electron chi connectivity index (χ4n) is 1.88. The maximum absolute atomic E-state index is 11.9. The number of anilines is 1. The first-order valence-electron chi connectivity index (χ1n) is 6.69. The zero-order valence-corrected chi connectivity index (χ0v) is 11.9. The lowest BCUT2D eigenvalue weighted by atomic mass is 10.1. The minimum atomic E-state index is -0.370. The minimum Gasteiger partial charge on any atom is -0.472 e. The van der Waals surface area contributed by atoms with Crippen molar-refractivity contribution in [2.75, 3.05) is 5.32 Å². The number of hydrogen-bond acceptors (Lipinski definition) is 5. The average molecular weight is 305 g/mol. The van der Waals surface area contributed by atoms with E-state index in [9.17, 15) is 4.79 Å². The summed E-state index contributed by atoms with van der Waals surface area (Å²) in [5, 5.41) is 18.0. The van der Waals surface area contributed by atoms with Gasteiger partial charge >= 0.3 is 0 Å². The number of aromatic amines is 1. The number of nitrogens with zero attached hydrogens (tertiary/aromatic N) is 3. The van der Waals surface area contributed by atoms with Gasteiger partial charge in [0.15, 0.2) is 5.82 Å². The number of rotatable bonds is 4. The Balaban J connectivity index is 1.65. The molecule has 23 heavy (non-hydrogen) atoms. The summed E-state index contributed by atoms with van der Waals surface area (Å²) in [5.74, 6) is 0.298. The van der Waals surface area contributed by atoms with Crippen molar-refractivity contribution in [3.05, 3.63) is 60.1 Å². The third-order valence-electron chi connectivity index (χ3n) is 2.96. The summed E-state index contributed by atoms with van der Waals surface area (Å²) in [4.78, 5) is 16.0. The standard InChI is InChI=1S/C16H11N5O2/c17-9-12-3-1-2-11(8-12)4-5-14(22)18-16-19-15(20-21-16)13-6-7-23-10-13/h1-8,10H,(H2,18,19,20,21,22)/b5-4+. The largest absolute Gasteiger partial charge is 0.472 e. The van der Waals surface area contributed by atoms with Gasteiger partial charge in [-0.1, -0.05) is 12.1 Å². The molecule has 0 aliphatic heterocycles. The van der Waals surface area contributed by atoms with E-state index in [1.54, 1.807) is 36.4 Å². The highest BCUT2D eigenvalue weighted by Gasteiger charge is 2.08. The molecule has 0 bridgehead atoms. The molecule has 0 saturated heterocycles. The molecule has 2 N–H and O–H groups in total.